The quantitative estimate of drug-likeness (QED) is 0.869. The molecule has 1 saturated heterocycles. The molecule has 1 saturated carbocycles. The SMILES string of the molecule is O=C(NCc1cccnc1)[C@@H]1CC(=O)N(CC2CC2)C1. The Bertz CT molecular complexity index is 499. The molecule has 20 heavy (non-hydrogen) atoms. The lowest BCUT2D eigenvalue weighted by atomic mass is 10.1. The van der Waals surface area contributed by atoms with Gasteiger partial charge in [-0.25, -0.2) is 0 Å². The molecule has 1 aliphatic heterocycles. The van der Waals surface area contributed by atoms with Gasteiger partial charge in [0.05, 0.1) is 5.92 Å². The summed E-state index contributed by atoms with van der Waals surface area (Å²) in [6.07, 6.45) is 6.24. The molecule has 1 aromatic heterocycles. The first kappa shape index (κ1) is 13.1. The molecular weight excluding hydrogens is 254 g/mol. The zero-order valence-corrected chi connectivity index (χ0v) is 11.4. The molecule has 3 rings (SSSR count). The maximum Gasteiger partial charge on any atom is 0.225 e. The minimum absolute atomic E-state index is 0.0273. The molecule has 5 nitrogen and oxygen atoms in total. The Kier molecular flexibility index (Phi) is 3.67. The molecule has 0 unspecified atom stereocenters. The van der Waals surface area contributed by atoms with Crippen LogP contribution in [0.25, 0.3) is 0 Å². The molecule has 0 bridgehead atoms. The van der Waals surface area contributed by atoms with Crippen LogP contribution in [0.1, 0.15) is 24.8 Å². The van der Waals surface area contributed by atoms with E-state index in [0.29, 0.717) is 25.4 Å². The first-order valence-electron chi connectivity index (χ1n) is 7.17. The van der Waals surface area contributed by atoms with Gasteiger partial charge in [-0.05, 0) is 30.4 Å². The van der Waals surface area contributed by atoms with Crippen LogP contribution in [-0.2, 0) is 16.1 Å². The number of hydrogen-bond donors (Lipinski definition) is 1. The van der Waals surface area contributed by atoms with Crippen LogP contribution in [0.5, 0.6) is 0 Å². The highest BCUT2D eigenvalue weighted by atomic mass is 16.2. The lowest BCUT2D eigenvalue weighted by Gasteiger charge is -2.16. The van der Waals surface area contributed by atoms with Crippen molar-refractivity contribution in [1.29, 1.82) is 0 Å². The molecule has 0 spiro atoms. The molecule has 0 radical (unpaired) electrons. The predicted molar refractivity (Wildman–Crippen MR) is 73.5 cm³/mol. The Labute approximate surface area is 118 Å². The van der Waals surface area contributed by atoms with Gasteiger partial charge in [-0.3, -0.25) is 14.6 Å². The van der Waals surface area contributed by atoms with Crippen LogP contribution in [0.15, 0.2) is 24.5 Å². The Morgan fingerprint density at radius 2 is 2.30 bits per heavy atom. The molecule has 5 heteroatoms. The molecule has 0 aromatic carbocycles. The van der Waals surface area contributed by atoms with E-state index in [9.17, 15) is 9.59 Å². The number of carbonyl (C=O) groups excluding carboxylic acids is 2. The van der Waals surface area contributed by atoms with Gasteiger partial charge in [-0.15, -0.1) is 0 Å². The Morgan fingerprint density at radius 1 is 1.45 bits per heavy atom. The van der Waals surface area contributed by atoms with Crippen molar-refractivity contribution in [3.8, 4) is 0 Å². The number of nitrogens with zero attached hydrogens (tertiary/aromatic N) is 2. The Balaban J connectivity index is 1.49. The average Bonchev–Trinajstić information content (AvgIpc) is 3.21. The zero-order chi connectivity index (χ0) is 13.9. The van der Waals surface area contributed by atoms with Crippen LogP contribution in [0.3, 0.4) is 0 Å². The fourth-order valence-electron chi connectivity index (χ4n) is 2.57. The maximum absolute atomic E-state index is 12.1. The van der Waals surface area contributed by atoms with Gasteiger partial charge in [-0.1, -0.05) is 6.07 Å². The van der Waals surface area contributed by atoms with Crippen molar-refractivity contribution in [2.75, 3.05) is 13.1 Å². The van der Waals surface area contributed by atoms with Crippen LogP contribution in [0.2, 0.25) is 0 Å². The second-order valence-electron chi connectivity index (χ2n) is 5.72. The summed E-state index contributed by atoms with van der Waals surface area (Å²) in [7, 11) is 0. The van der Waals surface area contributed by atoms with E-state index in [-0.39, 0.29) is 17.7 Å². The topological polar surface area (TPSA) is 62.3 Å². The number of hydrogen-bond acceptors (Lipinski definition) is 3. The number of amides is 2. The number of nitrogens with one attached hydrogen (secondary N) is 1. The molecule has 1 N–H and O–H groups in total. The highest BCUT2D eigenvalue weighted by Crippen LogP contribution is 2.31. The van der Waals surface area contributed by atoms with Gasteiger partial charge in [0.2, 0.25) is 11.8 Å². The molecular formula is C15H19N3O2. The van der Waals surface area contributed by atoms with Gasteiger partial charge in [0.25, 0.3) is 0 Å². The van der Waals surface area contributed by atoms with Gasteiger partial charge in [0, 0.05) is 38.4 Å². The van der Waals surface area contributed by atoms with Crippen molar-refractivity contribution >= 4 is 11.8 Å². The average molecular weight is 273 g/mol. The van der Waals surface area contributed by atoms with Crippen LogP contribution in [0, 0.1) is 11.8 Å². The van der Waals surface area contributed by atoms with Crippen molar-refractivity contribution in [3.63, 3.8) is 0 Å². The zero-order valence-electron chi connectivity index (χ0n) is 11.4. The van der Waals surface area contributed by atoms with E-state index in [4.69, 9.17) is 0 Å². The third-order valence-electron chi connectivity index (χ3n) is 3.95. The fourth-order valence-corrected chi connectivity index (χ4v) is 2.57. The summed E-state index contributed by atoms with van der Waals surface area (Å²) < 4.78 is 0. The molecule has 106 valence electrons. The van der Waals surface area contributed by atoms with Crippen molar-refractivity contribution in [3.05, 3.63) is 30.1 Å². The summed E-state index contributed by atoms with van der Waals surface area (Å²) in [6.45, 7) is 1.89. The van der Waals surface area contributed by atoms with E-state index in [1.807, 2.05) is 17.0 Å². The van der Waals surface area contributed by atoms with Crippen LogP contribution in [0.4, 0.5) is 0 Å². The summed E-state index contributed by atoms with van der Waals surface area (Å²) in [5.74, 6) is 0.577. The monoisotopic (exact) mass is 273 g/mol. The molecule has 1 aromatic rings. The van der Waals surface area contributed by atoms with E-state index in [1.165, 1.54) is 12.8 Å². The standard InChI is InChI=1S/C15H19N3O2/c19-14-6-13(10-18(14)9-11-3-4-11)15(20)17-8-12-2-1-5-16-7-12/h1-2,5,7,11,13H,3-4,6,8-10H2,(H,17,20)/t13-/m1/s1. The van der Waals surface area contributed by atoms with Crippen molar-refractivity contribution < 1.29 is 9.59 Å². The number of pyridine rings is 1. The number of aromatic nitrogens is 1. The highest BCUT2D eigenvalue weighted by molar-refractivity contribution is 5.89. The molecule has 2 aliphatic rings. The first-order chi connectivity index (χ1) is 9.72. The molecule has 2 heterocycles. The lowest BCUT2D eigenvalue weighted by Crippen LogP contribution is -2.33. The number of rotatable bonds is 5. The summed E-state index contributed by atoms with van der Waals surface area (Å²) >= 11 is 0. The predicted octanol–water partition coefficient (Wildman–Crippen LogP) is 0.956. The molecule has 1 atom stereocenters. The van der Waals surface area contributed by atoms with E-state index in [2.05, 4.69) is 10.3 Å². The van der Waals surface area contributed by atoms with Crippen molar-refractivity contribution in [2.45, 2.75) is 25.8 Å². The van der Waals surface area contributed by atoms with E-state index in [0.717, 1.165) is 12.1 Å². The van der Waals surface area contributed by atoms with Crippen LogP contribution in [-0.4, -0.2) is 34.8 Å². The second kappa shape index (κ2) is 5.61. The van der Waals surface area contributed by atoms with Gasteiger partial charge in [-0.2, -0.15) is 0 Å². The van der Waals surface area contributed by atoms with Crippen molar-refractivity contribution in [1.82, 2.24) is 15.2 Å². The summed E-state index contributed by atoms with van der Waals surface area (Å²) in [4.78, 5) is 29.8. The van der Waals surface area contributed by atoms with E-state index in [1.54, 1.807) is 12.4 Å². The Hall–Kier alpha value is -1.91. The minimum Gasteiger partial charge on any atom is -0.352 e. The lowest BCUT2D eigenvalue weighted by molar-refractivity contribution is -0.129. The molecule has 2 fully saturated rings. The largest absolute Gasteiger partial charge is 0.352 e. The highest BCUT2D eigenvalue weighted by Gasteiger charge is 2.36. The number of likely N-dealkylation sites (tertiary alicyclic amines) is 1. The third-order valence-corrected chi connectivity index (χ3v) is 3.95. The minimum atomic E-state index is -0.196. The van der Waals surface area contributed by atoms with E-state index < -0.39 is 0 Å². The van der Waals surface area contributed by atoms with E-state index >= 15 is 0 Å². The first-order valence-corrected chi connectivity index (χ1v) is 7.17. The van der Waals surface area contributed by atoms with Gasteiger partial charge in [0.1, 0.15) is 0 Å². The van der Waals surface area contributed by atoms with Crippen LogP contribution < -0.4 is 5.32 Å². The summed E-state index contributed by atoms with van der Waals surface area (Å²) in [5.41, 5.74) is 0.972. The third kappa shape index (κ3) is 3.15. The smallest absolute Gasteiger partial charge is 0.225 e. The summed E-state index contributed by atoms with van der Waals surface area (Å²) in [5, 5.41) is 2.89. The van der Waals surface area contributed by atoms with Crippen molar-refractivity contribution in [2.24, 2.45) is 11.8 Å². The molecule has 1 aliphatic carbocycles. The van der Waals surface area contributed by atoms with Crippen LogP contribution >= 0.6 is 0 Å². The molecule has 2 amide bonds. The van der Waals surface area contributed by atoms with Gasteiger partial charge in [0.15, 0.2) is 0 Å². The van der Waals surface area contributed by atoms with Gasteiger partial charge >= 0.3 is 0 Å². The normalized spacial score (nSPS) is 22.1. The Morgan fingerprint density at radius 3 is 3.00 bits per heavy atom. The number of carbonyl (C=O) groups is 2. The second-order valence-corrected chi connectivity index (χ2v) is 5.72. The van der Waals surface area contributed by atoms with Gasteiger partial charge < -0.3 is 10.2 Å². The maximum atomic E-state index is 12.1. The fraction of sp³-hybridized carbons (Fsp3) is 0.533. The summed E-state index contributed by atoms with van der Waals surface area (Å²) in [6, 6.07) is 3.77.